The number of aryl methyl sites for hydroxylation is 1. The van der Waals surface area contributed by atoms with Crippen LogP contribution < -0.4 is 0 Å². The van der Waals surface area contributed by atoms with Crippen LogP contribution >= 0.6 is 11.3 Å². The van der Waals surface area contributed by atoms with Crippen molar-refractivity contribution in [3.8, 4) is 6.07 Å². The van der Waals surface area contributed by atoms with Crippen LogP contribution in [0.25, 0.3) is 0 Å². The largest absolute Gasteiger partial charge is 0.373 e. The van der Waals surface area contributed by atoms with Crippen molar-refractivity contribution < 1.29 is 9.53 Å². The first kappa shape index (κ1) is 14.4. The summed E-state index contributed by atoms with van der Waals surface area (Å²) >= 11 is 1.60. The van der Waals surface area contributed by atoms with Gasteiger partial charge in [-0.25, -0.2) is 4.98 Å². The number of carbonyl (C=O) groups excluding carboxylic acids is 1. The van der Waals surface area contributed by atoms with Crippen molar-refractivity contribution in [1.82, 2.24) is 4.98 Å². The highest BCUT2D eigenvalue weighted by Crippen LogP contribution is 2.12. The highest BCUT2D eigenvalue weighted by atomic mass is 32.1. The second kappa shape index (κ2) is 6.94. The number of hydrogen-bond donors (Lipinski definition) is 0. The van der Waals surface area contributed by atoms with E-state index >= 15 is 0 Å². The Morgan fingerprint density at radius 1 is 1.40 bits per heavy atom. The van der Waals surface area contributed by atoms with Crippen molar-refractivity contribution in [2.24, 2.45) is 0 Å². The molecule has 0 aliphatic heterocycles. The highest BCUT2D eigenvalue weighted by molar-refractivity contribution is 7.09. The fraction of sp³-hybridized carbons (Fsp3) is 0.267. The molecule has 0 fully saturated rings. The Balaban J connectivity index is 1.77. The molecular formula is C15H14N2O2S. The fourth-order valence-electron chi connectivity index (χ4n) is 1.71. The second-order valence-electron chi connectivity index (χ2n) is 4.28. The van der Waals surface area contributed by atoms with Gasteiger partial charge in [0.25, 0.3) is 0 Å². The Bertz CT molecular complexity index is 626. The number of nitrogens with zero attached hydrogens (tertiary/aromatic N) is 2. The van der Waals surface area contributed by atoms with E-state index in [-0.39, 0.29) is 12.4 Å². The van der Waals surface area contributed by atoms with E-state index in [9.17, 15) is 4.79 Å². The third kappa shape index (κ3) is 3.73. The second-order valence-corrected chi connectivity index (χ2v) is 5.22. The van der Waals surface area contributed by atoms with Gasteiger partial charge in [0.2, 0.25) is 0 Å². The van der Waals surface area contributed by atoms with Crippen LogP contribution in [0, 0.1) is 18.3 Å². The first-order valence-electron chi connectivity index (χ1n) is 6.21. The molecule has 0 bridgehead atoms. The summed E-state index contributed by atoms with van der Waals surface area (Å²) in [6.45, 7) is 2.53. The predicted octanol–water partition coefficient (Wildman–Crippen LogP) is 2.77. The molecule has 0 saturated carbocycles. The van der Waals surface area contributed by atoms with Crippen molar-refractivity contribution in [2.75, 3.05) is 13.2 Å². The summed E-state index contributed by atoms with van der Waals surface area (Å²) in [6.07, 6.45) is 0.775. The van der Waals surface area contributed by atoms with Crippen molar-refractivity contribution in [2.45, 2.75) is 13.3 Å². The lowest BCUT2D eigenvalue weighted by molar-refractivity contribution is 0.0766. The van der Waals surface area contributed by atoms with E-state index in [2.05, 4.69) is 4.98 Å². The van der Waals surface area contributed by atoms with Crippen LogP contribution in [-0.2, 0) is 11.2 Å². The number of benzene rings is 1. The summed E-state index contributed by atoms with van der Waals surface area (Å²) in [5.41, 5.74) is 3.95. The van der Waals surface area contributed by atoms with Crippen LogP contribution in [0.2, 0.25) is 0 Å². The molecule has 0 atom stereocenters. The summed E-state index contributed by atoms with van der Waals surface area (Å²) in [7, 11) is 0. The molecule has 4 nitrogen and oxygen atoms in total. The van der Waals surface area contributed by atoms with Gasteiger partial charge in [-0.3, -0.25) is 4.79 Å². The molecule has 1 aromatic carbocycles. The van der Waals surface area contributed by atoms with Crippen molar-refractivity contribution in [1.29, 1.82) is 5.26 Å². The summed E-state index contributed by atoms with van der Waals surface area (Å²) in [5, 5.41) is 8.69. The van der Waals surface area contributed by atoms with E-state index in [0.717, 1.165) is 12.1 Å². The average molecular weight is 286 g/mol. The molecule has 2 rings (SSSR count). The predicted molar refractivity (Wildman–Crippen MR) is 76.9 cm³/mol. The molecule has 102 valence electrons. The third-order valence-electron chi connectivity index (χ3n) is 2.89. The Labute approximate surface area is 121 Å². The number of Topliss-reactive ketones (excluding diaryl/α,β-unsaturated/α-hetero) is 1. The molecule has 0 aliphatic carbocycles. The summed E-state index contributed by atoms with van der Waals surface area (Å²) in [4.78, 5) is 17.2. The normalized spacial score (nSPS) is 10.2. The van der Waals surface area contributed by atoms with Gasteiger partial charge >= 0.3 is 0 Å². The minimum Gasteiger partial charge on any atom is -0.373 e. The van der Waals surface area contributed by atoms with E-state index in [4.69, 9.17) is 10.00 Å². The average Bonchev–Trinajstić information content (AvgIpc) is 2.89. The van der Waals surface area contributed by atoms with Crippen molar-refractivity contribution in [3.63, 3.8) is 0 Å². The topological polar surface area (TPSA) is 63.0 Å². The Hall–Kier alpha value is -2.03. The van der Waals surface area contributed by atoms with E-state index in [1.807, 2.05) is 18.5 Å². The van der Waals surface area contributed by atoms with Crippen LogP contribution in [0.4, 0.5) is 0 Å². The van der Waals surface area contributed by atoms with Gasteiger partial charge in [-0.1, -0.05) is 12.1 Å². The molecule has 0 aliphatic rings. The van der Waals surface area contributed by atoms with Gasteiger partial charge in [-0.15, -0.1) is 11.3 Å². The van der Waals surface area contributed by atoms with Gasteiger partial charge in [0.1, 0.15) is 6.61 Å². The maximum atomic E-state index is 11.9. The molecule has 1 heterocycles. The van der Waals surface area contributed by atoms with Gasteiger partial charge in [-0.05, 0) is 19.1 Å². The number of nitriles is 1. The van der Waals surface area contributed by atoms with Crippen LogP contribution in [0.5, 0.6) is 0 Å². The maximum absolute atomic E-state index is 11.9. The molecule has 2 aromatic rings. The highest BCUT2D eigenvalue weighted by Gasteiger charge is 2.07. The number of ketones is 1. The molecule has 0 amide bonds. The van der Waals surface area contributed by atoms with E-state index in [0.29, 0.717) is 17.7 Å². The monoisotopic (exact) mass is 286 g/mol. The maximum Gasteiger partial charge on any atom is 0.188 e. The summed E-state index contributed by atoms with van der Waals surface area (Å²) < 4.78 is 5.40. The van der Waals surface area contributed by atoms with E-state index in [1.165, 1.54) is 4.88 Å². The Kier molecular flexibility index (Phi) is 4.99. The molecule has 5 heteroatoms. The lowest BCUT2D eigenvalue weighted by Gasteiger charge is -2.03. The molecular weight excluding hydrogens is 272 g/mol. The first-order valence-corrected chi connectivity index (χ1v) is 7.08. The number of rotatable bonds is 6. The quantitative estimate of drug-likeness (QED) is 0.605. The number of carbonyl (C=O) groups is 1. The number of ether oxygens (including phenoxy) is 1. The van der Waals surface area contributed by atoms with Gasteiger partial charge in [0, 0.05) is 16.9 Å². The molecule has 0 unspecified atom stereocenters. The Morgan fingerprint density at radius 2 is 2.15 bits per heavy atom. The molecule has 0 radical (unpaired) electrons. The van der Waals surface area contributed by atoms with Crippen LogP contribution in [0.15, 0.2) is 29.8 Å². The van der Waals surface area contributed by atoms with E-state index in [1.54, 1.807) is 35.6 Å². The lowest BCUT2D eigenvalue weighted by Crippen LogP contribution is -2.10. The molecule has 1 aromatic heterocycles. The van der Waals surface area contributed by atoms with Crippen LogP contribution in [-0.4, -0.2) is 24.0 Å². The van der Waals surface area contributed by atoms with Crippen molar-refractivity contribution >= 4 is 17.1 Å². The lowest BCUT2D eigenvalue weighted by atomic mass is 10.1. The minimum atomic E-state index is -0.0736. The van der Waals surface area contributed by atoms with Gasteiger partial charge < -0.3 is 4.74 Å². The zero-order valence-electron chi connectivity index (χ0n) is 11.1. The molecule has 0 spiro atoms. The molecule has 0 saturated heterocycles. The van der Waals surface area contributed by atoms with Crippen LogP contribution in [0.3, 0.4) is 0 Å². The molecule has 20 heavy (non-hydrogen) atoms. The zero-order valence-corrected chi connectivity index (χ0v) is 11.9. The third-order valence-corrected chi connectivity index (χ3v) is 3.88. The standard InChI is InChI=1S/C15H14N2O2S/c1-11-15(20-10-17-11)6-7-19-9-14(18)13-4-2-12(8-16)3-5-13/h2-5,10H,6-7,9H2,1H3. The fourth-order valence-corrected chi connectivity index (χ4v) is 2.47. The summed E-state index contributed by atoms with van der Waals surface area (Å²) in [6, 6.07) is 8.59. The SMILES string of the molecule is Cc1ncsc1CCOCC(=O)c1ccc(C#N)cc1. The number of thiazole rings is 1. The van der Waals surface area contributed by atoms with Gasteiger partial charge in [0.05, 0.1) is 29.4 Å². The van der Waals surface area contributed by atoms with Gasteiger partial charge in [-0.2, -0.15) is 5.26 Å². The zero-order chi connectivity index (χ0) is 14.4. The number of hydrogen-bond acceptors (Lipinski definition) is 5. The number of aromatic nitrogens is 1. The van der Waals surface area contributed by atoms with Crippen LogP contribution in [0.1, 0.15) is 26.5 Å². The first-order chi connectivity index (χ1) is 9.70. The van der Waals surface area contributed by atoms with Crippen molar-refractivity contribution in [3.05, 3.63) is 51.5 Å². The smallest absolute Gasteiger partial charge is 0.188 e. The minimum absolute atomic E-state index is 0.0593. The summed E-state index contributed by atoms with van der Waals surface area (Å²) in [5.74, 6) is -0.0736. The van der Waals surface area contributed by atoms with E-state index < -0.39 is 0 Å². The molecule has 0 N–H and O–H groups in total. The Morgan fingerprint density at radius 3 is 2.75 bits per heavy atom. The van der Waals surface area contributed by atoms with Gasteiger partial charge in [0.15, 0.2) is 5.78 Å².